The minimum Gasteiger partial charge on any atom is -0.457 e. The van der Waals surface area contributed by atoms with Crippen molar-refractivity contribution >= 4 is 28.0 Å². The molecule has 0 heterocycles. The first kappa shape index (κ1) is 13.6. The third kappa shape index (κ3) is 4.07. The molecule has 0 bridgehead atoms. The Kier molecular flexibility index (Phi) is 4.93. The molecule has 2 aromatic carbocycles. The number of halogens is 1. The molecule has 0 aliphatic rings. The van der Waals surface area contributed by atoms with Gasteiger partial charge in [-0.1, -0.05) is 58.4 Å². The summed E-state index contributed by atoms with van der Waals surface area (Å²) in [5.41, 5.74) is 2.56. The van der Waals surface area contributed by atoms with E-state index in [4.69, 9.17) is 4.74 Å². The maximum absolute atomic E-state index is 11.8. The largest absolute Gasteiger partial charge is 0.457 e. The first-order valence-electron chi connectivity index (χ1n) is 5.87. The van der Waals surface area contributed by atoms with Crippen LogP contribution >= 0.6 is 15.9 Å². The van der Waals surface area contributed by atoms with Crippen molar-refractivity contribution in [2.24, 2.45) is 0 Å². The Morgan fingerprint density at radius 2 is 1.74 bits per heavy atom. The lowest BCUT2D eigenvalue weighted by Gasteiger charge is -2.05. The molecule has 0 saturated carbocycles. The fourth-order valence-corrected chi connectivity index (χ4v) is 1.91. The molecule has 0 fully saturated rings. The predicted octanol–water partition coefficient (Wildman–Crippen LogP) is 4.41. The van der Waals surface area contributed by atoms with Gasteiger partial charge in [0.25, 0.3) is 0 Å². The Morgan fingerprint density at radius 1 is 1.05 bits per heavy atom. The number of carbonyl (C=O) groups excluding carboxylic acids is 1. The van der Waals surface area contributed by atoms with Crippen LogP contribution in [0.1, 0.15) is 21.5 Å². The van der Waals surface area contributed by atoms with Crippen LogP contribution in [-0.4, -0.2) is 5.97 Å². The highest BCUT2D eigenvalue weighted by atomic mass is 79.9. The number of ether oxygens (including phenoxy) is 1. The topological polar surface area (TPSA) is 26.3 Å². The third-order valence-electron chi connectivity index (χ3n) is 2.61. The van der Waals surface area contributed by atoms with Crippen LogP contribution in [0.15, 0.2) is 59.6 Å². The molecule has 0 aromatic heterocycles. The molecular formula is C16H13BrO2. The highest BCUT2D eigenvalue weighted by Gasteiger charge is 2.06. The van der Waals surface area contributed by atoms with E-state index in [1.54, 1.807) is 17.1 Å². The molecule has 0 aliphatic heterocycles. The van der Waals surface area contributed by atoms with Crippen LogP contribution in [-0.2, 0) is 11.3 Å². The lowest BCUT2D eigenvalue weighted by Crippen LogP contribution is -2.04. The van der Waals surface area contributed by atoms with Crippen LogP contribution in [0.4, 0.5) is 0 Å². The molecule has 0 aliphatic carbocycles. The Hall–Kier alpha value is -1.87. The van der Waals surface area contributed by atoms with E-state index in [0.29, 0.717) is 12.2 Å². The molecule has 2 nitrogen and oxygen atoms in total. The van der Waals surface area contributed by atoms with Gasteiger partial charge in [-0.2, -0.15) is 0 Å². The fraction of sp³-hybridized carbons (Fsp3) is 0.0625. The van der Waals surface area contributed by atoms with Gasteiger partial charge in [-0.15, -0.1) is 0 Å². The zero-order valence-electron chi connectivity index (χ0n) is 10.3. The van der Waals surface area contributed by atoms with Gasteiger partial charge in [0.05, 0.1) is 5.56 Å². The van der Waals surface area contributed by atoms with Crippen molar-refractivity contribution in [3.63, 3.8) is 0 Å². The zero-order chi connectivity index (χ0) is 13.5. The molecule has 0 unspecified atom stereocenters. The second-order valence-corrected chi connectivity index (χ2v) is 4.51. The minimum absolute atomic E-state index is 0.294. The SMILES string of the molecule is O=C(OCc1ccccc1)c1ccc(/C=C/Br)cc1. The maximum atomic E-state index is 11.8. The van der Waals surface area contributed by atoms with E-state index in [0.717, 1.165) is 11.1 Å². The quantitative estimate of drug-likeness (QED) is 0.781. The average Bonchev–Trinajstić information content (AvgIpc) is 2.47. The van der Waals surface area contributed by atoms with E-state index in [2.05, 4.69) is 15.9 Å². The molecule has 0 amide bonds. The van der Waals surface area contributed by atoms with Crippen molar-refractivity contribution in [1.82, 2.24) is 0 Å². The van der Waals surface area contributed by atoms with Gasteiger partial charge < -0.3 is 4.74 Å². The summed E-state index contributed by atoms with van der Waals surface area (Å²) in [5.74, 6) is -0.307. The van der Waals surface area contributed by atoms with Crippen LogP contribution in [0, 0.1) is 0 Å². The van der Waals surface area contributed by atoms with Crippen molar-refractivity contribution in [2.45, 2.75) is 6.61 Å². The summed E-state index contributed by atoms with van der Waals surface area (Å²) in [6.45, 7) is 0.294. The van der Waals surface area contributed by atoms with Crippen molar-refractivity contribution in [2.75, 3.05) is 0 Å². The van der Waals surface area contributed by atoms with Crippen molar-refractivity contribution in [1.29, 1.82) is 0 Å². The van der Waals surface area contributed by atoms with E-state index >= 15 is 0 Å². The Morgan fingerprint density at radius 3 is 2.37 bits per heavy atom. The molecule has 19 heavy (non-hydrogen) atoms. The van der Waals surface area contributed by atoms with Crippen molar-refractivity contribution in [3.8, 4) is 0 Å². The van der Waals surface area contributed by atoms with E-state index in [1.165, 1.54) is 0 Å². The van der Waals surface area contributed by atoms with Crippen molar-refractivity contribution in [3.05, 3.63) is 76.3 Å². The van der Waals surface area contributed by atoms with Gasteiger partial charge >= 0.3 is 5.97 Å². The lowest BCUT2D eigenvalue weighted by molar-refractivity contribution is 0.0472. The van der Waals surface area contributed by atoms with Crippen LogP contribution in [0.25, 0.3) is 6.08 Å². The van der Waals surface area contributed by atoms with Gasteiger partial charge in [-0.25, -0.2) is 4.79 Å². The van der Waals surface area contributed by atoms with E-state index in [1.807, 2.05) is 48.5 Å². The normalized spacial score (nSPS) is 10.6. The summed E-state index contributed by atoms with van der Waals surface area (Å²) in [4.78, 5) is 13.6. The second-order valence-electron chi connectivity index (χ2n) is 3.98. The van der Waals surface area contributed by atoms with Crippen molar-refractivity contribution < 1.29 is 9.53 Å². The number of rotatable bonds is 4. The highest BCUT2D eigenvalue weighted by Crippen LogP contribution is 2.10. The molecule has 2 rings (SSSR count). The predicted molar refractivity (Wildman–Crippen MR) is 80.0 cm³/mol. The first-order valence-corrected chi connectivity index (χ1v) is 6.79. The lowest BCUT2D eigenvalue weighted by atomic mass is 10.1. The molecule has 3 heteroatoms. The minimum atomic E-state index is -0.307. The number of esters is 1. The van der Waals surface area contributed by atoms with E-state index in [9.17, 15) is 4.79 Å². The molecular weight excluding hydrogens is 304 g/mol. The van der Waals surface area contributed by atoms with Gasteiger partial charge in [0.2, 0.25) is 0 Å². The van der Waals surface area contributed by atoms with Gasteiger partial charge in [0, 0.05) is 0 Å². The van der Waals surface area contributed by atoms with Gasteiger partial charge in [0.1, 0.15) is 6.61 Å². The van der Waals surface area contributed by atoms with Crippen LogP contribution in [0.3, 0.4) is 0 Å². The van der Waals surface area contributed by atoms with Gasteiger partial charge in [-0.3, -0.25) is 0 Å². The summed E-state index contributed by atoms with van der Waals surface area (Å²) in [7, 11) is 0. The van der Waals surface area contributed by atoms with E-state index in [-0.39, 0.29) is 5.97 Å². The van der Waals surface area contributed by atoms with Crippen LogP contribution in [0.2, 0.25) is 0 Å². The fourth-order valence-electron chi connectivity index (χ4n) is 1.61. The zero-order valence-corrected chi connectivity index (χ0v) is 11.8. The standard InChI is InChI=1S/C16H13BrO2/c17-11-10-13-6-8-15(9-7-13)16(18)19-12-14-4-2-1-3-5-14/h1-11H,12H2/b11-10+. The monoisotopic (exact) mass is 316 g/mol. The third-order valence-corrected chi connectivity index (χ3v) is 2.88. The second kappa shape index (κ2) is 6.90. The molecule has 0 saturated heterocycles. The highest BCUT2D eigenvalue weighted by molar-refractivity contribution is 9.11. The molecule has 0 radical (unpaired) electrons. The smallest absolute Gasteiger partial charge is 0.338 e. The Balaban J connectivity index is 1.96. The molecule has 0 N–H and O–H groups in total. The first-order chi connectivity index (χ1) is 9.29. The number of carbonyl (C=O) groups is 1. The number of hydrogen-bond acceptors (Lipinski definition) is 2. The Bertz CT molecular complexity index is 559. The van der Waals surface area contributed by atoms with E-state index < -0.39 is 0 Å². The number of benzene rings is 2. The Labute approximate surface area is 120 Å². The van der Waals surface area contributed by atoms with Crippen LogP contribution in [0.5, 0.6) is 0 Å². The summed E-state index contributed by atoms with van der Waals surface area (Å²) >= 11 is 3.21. The summed E-state index contributed by atoms with van der Waals surface area (Å²) in [6.07, 6.45) is 1.90. The molecule has 0 spiro atoms. The van der Waals surface area contributed by atoms with Crippen LogP contribution < -0.4 is 0 Å². The molecule has 2 aromatic rings. The summed E-state index contributed by atoms with van der Waals surface area (Å²) in [5, 5.41) is 0. The summed E-state index contributed by atoms with van der Waals surface area (Å²) in [6, 6.07) is 16.9. The molecule has 96 valence electrons. The maximum Gasteiger partial charge on any atom is 0.338 e. The molecule has 0 atom stereocenters. The average molecular weight is 317 g/mol. The summed E-state index contributed by atoms with van der Waals surface area (Å²) < 4.78 is 5.25. The number of hydrogen-bond donors (Lipinski definition) is 0. The van der Waals surface area contributed by atoms with Gasteiger partial charge in [0.15, 0.2) is 0 Å². The van der Waals surface area contributed by atoms with Gasteiger partial charge in [-0.05, 0) is 34.3 Å².